The first kappa shape index (κ1) is 19.9. The van der Waals surface area contributed by atoms with Crippen LogP contribution in [0.3, 0.4) is 0 Å². The Hall–Kier alpha value is -2.37. The van der Waals surface area contributed by atoms with Gasteiger partial charge in [0.15, 0.2) is 5.78 Å². The highest BCUT2D eigenvalue weighted by Crippen LogP contribution is 2.46. The minimum absolute atomic E-state index is 0.0781. The number of ether oxygens (including phenoxy) is 3. The van der Waals surface area contributed by atoms with E-state index in [1.54, 1.807) is 18.2 Å². The molecule has 1 aliphatic heterocycles. The van der Waals surface area contributed by atoms with E-state index in [-0.39, 0.29) is 43.4 Å². The van der Waals surface area contributed by atoms with E-state index in [1.165, 1.54) is 14.2 Å². The van der Waals surface area contributed by atoms with Crippen molar-refractivity contribution < 1.29 is 28.6 Å². The molecule has 0 radical (unpaired) electrons. The van der Waals surface area contributed by atoms with E-state index in [2.05, 4.69) is 0 Å². The molecular weight excluding hydrogens is 336 g/mol. The molecule has 26 heavy (non-hydrogen) atoms. The fraction of sp³-hybridized carbons (Fsp3) is 0.550. The van der Waals surface area contributed by atoms with Crippen LogP contribution >= 0.6 is 0 Å². The fourth-order valence-corrected chi connectivity index (χ4v) is 3.56. The SMILES string of the molecule is CCCC1Oc2ccccc2C(=O)C1(CCC(=O)OC)CCC(=O)OC. The van der Waals surface area contributed by atoms with Crippen LogP contribution in [0.2, 0.25) is 0 Å². The first-order valence-electron chi connectivity index (χ1n) is 8.92. The van der Waals surface area contributed by atoms with Gasteiger partial charge >= 0.3 is 11.9 Å². The number of esters is 2. The average molecular weight is 362 g/mol. The van der Waals surface area contributed by atoms with Gasteiger partial charge in [0, 0.05) is 12.8 Å². The summed E-state index contributed by atoms with van der Waals surface area (Å²) in [5.41, 5.74) is -0.457. The van der Waals surface area contributed by atoms with Crippen molar-refractivity contribution in [3.63, 3.8) is 0 Å². The van der Waals surface area contributed by atoms with Crippen molar-refractivity contribution >= 4 is 17.7 Å². The predicted octanol–water partition coefficient (Wildman–Crippen LogP) is 3.32. The number of ketones is 1. The van der Waals surface area contributed by atoms with Crippen molar-refractivity contribution in [1.29, 1.82) is 0 Å². The molecule has 0 aromatic heterocycles. The molecule has 0 amide bonds. The highest BCUT2D eigenvalue weighted by molar-refractivity contribution is 6.04. The lowest BCUT2D eigenvalue weighted by Gasteiger charge is -2.43. The summed E-state index contributed by atoms with van der Waals surface area (Å²) in [6, 6.07) is 7.11. The molecule has 0 N–H and O–H groups in total. The molecule has 1 unspecified atom stereocenters. The van der Waals surface area contributed by atoms with Crippen LogP contribution in [0.15, 0.2) is 24.3 Å². The van der Waals surface area contributed by atoms with Crippen molar-refractivity contribution in [2.75, 3.05) is 14.2 Å². The highest BCUT2D eigenvalue weighted by atomic mass is 16.5. The molecule has 142 valence electrons. The molecule has 0 saturated heterocycles. The smallest absolute Gasteiger partial charge is 0.305 e. The number of benzene rings is 1. The third-order valence-electron chi connectivity index (χ3n) is 5.03. The summed E-state index contributed by atoms with van der Waals surface area (Å²) in [7, 11) is 2.64. The zero-order valence-electron chi connectivity index (χ0n) is 15.6. The van der Waals surface area contributed by atoms with Gasteiger partial charge in [0.05, 0.1) is 25.2 Å². The molecule has 1 atom stereocenters. The standard InChI is InChI=1S/C20H26O6/c1-4-7-16-20(12-10-17(21)24-2,13-11-18(22)25-3)19(23)14-8-5-6-9-15(14)26-16/h5-6,8-9,16H,4,7,10-13H2,1-3H3. The summed E-state index contributed by atoms with van der Waals surface area (Å²) >= 11 is 0. The maximum atomic E-state index is 13.4. The van der Waals surface area contributed by atoms with E-state index < -0.39 is 11.5 Å². The summed E-state index contributed by atoms with van der Waals surface area (Å²) in [4.78, 5) is 36.9. The largest absolute Gasteiger partial charge is 0.489 e. The second-order valence-corrected chi connectivity index (χ2v) is 6.53. The Morgan fingerprint density at radius 2 is 1.65 bits per heavy atom. The zero-order chi connectivity index (χ0) is 19.2. The summed E-state index contributed by atoms with van der Waals surface area (Å²) in [5.74, 6) is -0.290. The summed E-state index contributed by atoms with van der Waals surface area (Å²) in [6.07, 6.45) is 1.80. The van der Waals surface area contributed by atoms with Gasteiger partial charge in [-0.1, -0.05) is 25.5 Å². The number of carbonyl (C=O) groups excluding carboxylic acids is 3. The molecule has 1 aromatic rings. The predicted molar refractivity (Wildman–Crippen MR) is 95.0 cm³/mol. The minimum Gasteiger partial charge on any atom is -0.489 e. The van der Waals surface area contributed by atoms with Crippen LogP contribution in [0.25, 0.3) is 0 Å². The Kier molecular flexibility index (Phi) is 6.77. The first-order chi connectivity index (χ1) is 12.5. The summed E-state index contributed by atoms with van der Waals surface area (Å²) in [6.45, 7) is 2.01. The lowest BCUT2D eigenvalue weighted by Crippen LogP contribution is -2.49. The number of carbonyl (C=O) groups is 3. The van der Waals surface area contributed by atoms with Crippen molar-refractivity contribution in [1.82, 2.24) is 0 Å². The molecule has 1 heterocycles. The average Bonchev–Trinajstić information content (AvgIpc) is 2.67. The number of fused-ring (bicyclic) bond motifs is 1. The number of hydrogen-bond donors (Lipinski definition) is 0. The van der Waals surface area contributed by atoms with Crippen LogP contribution in [0.5, 0.6) is 5.75 Å². The quantitative estimate of drug-likeness (QED) is 0.660. The van der Waals surface area contributed by atoms with Gasteiger partial charge in [-0.3, -0.25) is 14.4 Å². The number of para-hydroxylation sites is 1. The normalized spacial score (nSPS) is 17.8. The lowest BCUT2D eigenvalue weighted by molar-refractivity contribution is -0.142. The van der Waals surface area contributed by atoms with Crippen molar-refractivity contribution in [2.45, 2.75) is 51.6 Å². The fourth-order valence-electron chi connectivity index (χ4n) is 3.56. The van der Waals surface area contributed by atoms with Gasteiger partial charge in [0.2, 0.25) is 0 Å². The molecule has 6 heteroatoms. The Morgan fingerprint density at radius 3 is 2.19 bits per heavy atom. The molecule has 0 bridgehead atoms. The number of Topliss-reactive ketones (excluding diaryl/α,β-unsaturated/α-hetero) is 1. The van der Waals surface area contributed by atoms with Gasteiger partial charge < -0.3 is 14.2 Å². The van der Waals surface area contributed by atoms with Crippen LogP contribution in [0, 0.1) is 5.41 Å². The van der Waals surface area contributed by atoms with Crippen LogP contribution in [0.4, 0.5) is 0 Å². The van der Waals surface area contributed by atoms with Gasteiger partial charge in [-0.25, -0.2) is 0 Å². The Morgan fingerprint density at radius 1 is 1.08 bits per heavy atom. The molecular formula is C20H26O6. The highest BCUT2D eigenvalue weighted by Gasteiger charge is 2.50. The van der Waals surface area contributed by atoms with Crippen molar-refractivity contribution in [2.24, 2.45) is 5.41 Å². The first-order valence-corrected chi connectivity index (χ1v) is 8.92. The molecule has 0 saturated carbocycles. The van der Waals surface area contributed by atoms with Gasteiger partial charge in [-0.15, -0.1) is 0 Å². The molecule has 6 nitrogen and oxygen atoms in total. The van der Waals surface area contributed by atoms with Crippen LogP contribution in [0.1, 0.15) is 55.8 Å². The van der Waals surface area contributed by atoms with E-state index in [0.29, 0.717) is 17.7 Å². The van der Waals surface area contributed by atoms with Crippen molar-refractivity contribution in [3.8, 4) is 5.75 Å². The van der Waals surface area contributed by atoms with E-state index >= 15 is 0 Å². The number of rotatable bonds is 8. The summed E-state index contributed by atoms with van der Waals surface area (Å²) < 4.78 is 15.7. The van der Waals surface area contributed by atoms with Gasteiger partial charge in [0.1, 0.15) is 11.9 Å². The van der Waals surface area contributed by atoms with Gasteiger partial charge in [0.25, 0.3) is 0 Å². The molecule has 0 spiro atoms. The van der Waals surface area contributed by atoms with E-state index in [4.69, 9.17) is 14.2 Å². The second kappa shape index (κ2) is 8.83. The second-order valence-electron chi connectivity index (χ2n) is 6.53. The topological polar surface area (TPSA) is 78.9 Å². The lowest BCUT2D eigenvalue weighted by atomic mass is 9.66. The molecule has 1 aliphatic rings. The Balaban J connectivity index is 2.43. The van der Waals surface area contributed by atoms with E-state index in [1.807, 2.05) is 13.0 Å². The third kappa shape index (κ3) is 4.06. The number of methoxy groups -OCH3 is 2. The molecule has 1 aromatic carbocycles. The van der Waals surface area contributed by atoms with Gasteiger partial charge in [-0.2, -0.15) is 0 Å². The van der Waals surface area contributed by atoms with Crippen LogP contribution in [-0.2, 0) is 19.1 Å². The van der Waals surface area contributed by atoms with Crippen LogP contribution < -0.4 is 4.74 Å². The monoisotopic (exact) mass is 362 g/mol. The van der Waals surface area contributed by atoms with Crippen molar-refractivity contribution in [3.05, 3.63) is 29.8 Å². The maximum absolute atomic E-state index is 13.4. The Labute approximate surface area is 153 Å². The Bertz CT molecular complexity index is 646. The minimum atomic E-state index is -0.952. The molecule has 0 fully saturated rings. The summed E-state index contributed by atoms with van der Waals surface area (Å²) in [5, 5.41) is 0. The van der Waals surface area contributed by atoms with Crippen LogP contribution in [-0.4, -0.2) is 38.0 Å². The maximum Gasteiger partial charge on any atom is 0.305 e. The van der Waals surface area contributed by atoms with E-state index in [0.717, 1.165) is 6.42 Å². The molecule has 2 rings (SSSR count). The third-order valence-corrected chi connectivity index (χ3v) is 5.03. The number of hydrogen-bond acceptors (Lipinski definition) is 6. The van der Waals surface area contributed by atoms with Gasteiger partial charge in [-0.05, 0) is 31.4 Å². The van der Waals surface area contributed by atoms with E-state index in [9.17, 15) is 14.4 Å². The zero-order valence-corrected chi connectivity index (χ0v) is 15.6. The molecule has 0 aliphatic carbocycles.